The van der Waals surface area contributed by atoms with E-state index >= 15 is 0 Å². The highest BCUT2D eigenvalue weighted by molar-refractivity contribution is 6.15. The maximum absolute atomic E-state index is 13.3. The van der Waals surface area contributed by atoms with Crippen LogP contribution in [-0.2, 0) is 11.3 Å². The molecular formula is C26H25NO6. The topological polar surface area (TPSA) is 89.2 Å². The van der Waals surface area contributed by atoms with Crippen LogP contribution >= 0.6 is 0 Å². The molecule has 1 aliphatic rings. The zero-order valence-electron chi connectivity index (χ0n) is 18.6. The lowest BCUT2D eigenvalue weighted by Crippen LogP contribution is -2.30. The molecule has 1 aromatic heterocycles. The van der Waals surface area contributed by atoms with Gasteiger partial charge in [-0.15, -0.1) is 0 Å². The van der Waals surface area contributed by atoms with Crippen molar-refractivity contribution < 1.29 is 28.6 Å². The van der Waals surface area contributed by atoms with Crippen molar-refractivity contribution in [2.75, 3.05) is 7.11 Å². The van der Waals surface area contributed by atoms with Gasteiger partial charge in [0.05, 0.1) is 31.1 Å². The average molecular weight is 447 g/mol. The third-order valence-corrected chi connectivity index (χ3v) is 5.35. The Kier molecular flexibility index (Phi) is 6.22. The lowest BCUT2D eigenvalue weighted by Gasteiger charge is -2.27. The molecule has 0 spiro atoms. The van der Waals surface area contributed by atoms with Gasteiger partial charge in [-0.2, -0.15) is 0 Å². The Morgan fingerprint density at radius 2 is 1.85 bits per heavy atom. The summed E-state index contributed by atoms with van der Waals surface area (Å²) in [4.78, 5) is 27.9. The Balaban J connectivity index is 1.77. The van der Waals surface area contributed by atoms with E-state index in [0.717, 1.165) is 5.56 Å². The van der Waals surface area contributed by atoms with Gasteiger partial charge in [0.2, 0.25) is 5.78 Å². The zero-order valence-corrected chi connectivity index (χ0v) is 18.6. The third-order valence-electron chi connectivity index (χ3n) is 5.35. The number of furan rings is 1. The van der Waals surface area contributed by atoms with Gasteiger partial charge in [0.25, 0.3) is 5.91 Å². The van der Waals surface area contributed by atoms with Gasteiger partial charge in [-0.3, -0.25) is 9.59 Å². The maximum Gasteiger partial charge on any atom is 0.290 e. The van der Waals surface area contributed by atoms with Crippen LogP contribution in [0.5, 0.6) is 11.5 Å². The zero-order chi connectivity index (χ0) is 23.5. The molecule has 7 nitrogen and oxygen atoms in total. The van der Waals surface area contributed by atoms with Gasteiger partial charge in [0, 0.05) is 6.54 Å². The number of nitrogens with zero attached hydrogens (tertiary/aromatic N) is 1. The molecule has 2 aromatic carbocycles. The van der Waals surface area contributed by atoms with Crippen molar-refractivity contribution in [3.8, 4) is 11.5 Å². The second-order valence-electron chi connectivity index (χ2n) is 7.99. The Hall–Kier alpha value is -4.00. The molecule has 1 amide bonds. The standard InChI is InChI=1S/C26H25NO6/c1-16(2)33-20-7-4-6-18(14-20)23-22(24(28)21-8-5-13-32-21)25(29)26(30)27(23)15-17-9-11-19(31-3)12-10-17/h4-14,16,23,29H,15H2,1-3H3. The summed E-state index contributed by atoms with van der Waals surface area (Å²) in [5.41, 5.74) is 1.45. The minimum Gasteiger partial charge on any atom is -0.503 e. The van der Waals surface area contributed by atoms with Gasteiger partial charge in [-0.05, 0) is 61.4 Å². The average Bonchev–Trinajstić information content (AvgIpc) is 3.42. The summed E-state index contributed by atoms with van der Waals surface area (Å²) in [6.45, 7) is 4.01. The number of ketones is 1. The van der Waals surface area contributed by atoms with Crippen LogP contribution in [0.2, 0.25) is 0 Å². The Morgan fingerprint density at radius 3 is 2.48 bits per heavy atom. The van der Waals surface area contributed by atoms with E-state index in [-0.39, 0.29) is 24.0 Å². The Bertz CT molecular complexity index is 1180. The van der Waals surface area contributed by atoms with Crippen LogP contribution in [0.4, 0.5) is 0 Å². The summed E-state index contributed by atoms with van der Waals surface area (Å²) in [5, 5.41) is 10.8. The number of carbonyl (C=O) groups excluding carboxylic acids is 2. The summed E-state index contributed by atoms with van der Waals surface area (Å²) >= 11 is 0. The number of carbonyl (C=O) groups is 2. The molecule has 0 saturated carbocycles. The molecule has 33 heavy (non-hydrogen) atoms. The first-order chi connectivity index (χ1) is 15.9. The predicted octanol–water partition coefficient (Wildman–Crippen LogP) is 4.85. The number of methoxy groups -OCH3 is 1. The van der Waals surface area contributed by atoms with Crippen LogP contribution in [0.3, 0.4) is 0 Å². The van der Waals surface area contributed by atoms with Crippen molar-refractivity contribution in [1.82, 2.24) is 4.90 Å². The molecular weight excluding hydrogens is 422 g/mol. The number of Topliss-reactive ketones (excluding diaryl/α,β-unsaturated/α-hetero) is 1. The van der Waals surface area contributed by atoms with E-state index in [2.05, 4.69) is 0 Å². The van der Waals surface area contributed by atoms with Crippen molar-refractivity contribution in [3.05, 3.63) is 95.1 Å². The maximum atomic E-state index is 13.3. The van der Waals surface area contributed by atoms with Gasteiger partial charge < -0.3 is 23.9 Å². The minimum atomic E-state index is -0.812. The second kappa shape index (κ2) is 9.24. The van der Waals surface area contributed by atoms with Crippen LogP contribution in [0, 0.1) is 0 Å². The van der Waals surface area contributed by atoms with Crippen molar-refractivity contribution >= 4 is 11.7 Å². The van der Waals surface area contributed by atoms with Crippen LogP contribution in [0.15, 0.2) is 82.7 Å². The molecule has 0 radical (unpaired) electrons. The monoisotopic (exact) mass is 447 g/mol. The van der Waals surface area contributed by atoms with E-state index in [9.17, 15) is 14.7 Å². The number of ether oxygens (including phenoxy) is 2. The number of hydrogen-bond donors (Lipinski definition) is 1. The molecule has 1 atom stereocenters. The first-order valence-electron chi connectivity index (χ1n) is 10.6. The summed E-state index contributed by atoms with van der Waals surface area (Å²) in [7, 11) is 1.58. The van der Waals surface area contributed by atoms with E-state index < -0.39 is 23.5 Å². The molecule has 0 bridgehead atoms. The second-order valence-corrected chi connectivity index (χ2v) is 7.99. The number of aliphatic hydroxyl groups excluding tert-OH is 1. The minimum absolute atomic E-state index is 0.0230. The molecule has 7 heteroatoms. The SMILES string of the molecule is COc1ccc(CN2C(=O)C(O)=C(C(=O)c3ccco3)C2c2cccc(OC(C)C)c2)cc1. The fraction of sp³-hybridized carbons (Fsp3) is 0.231. The molecule has 1 N–H and O–H groups in total. The highest BCUT2D eigenvalue weighted by Crippen LogP contribution is 2.41. The third kappa shape index (κ3) is 4.48. The van der Waals surface area contributed by atoms with Gasteiger partial charge in [0.1, 0.15) is 11.5 Å². The molecule has 0 aliphatic carbocycles. The first-order valence-corrected chi connectivity index (χ1v) is 10.6. The van der Waals surface area contributed by atoms with E-state index in [0.29, 0.717) is 17.1 Å². The van der Waals surface area contributed by atoms with Crippen molar-refractivity contribution in [2.45, 2.75) is 32.5 Å². The van der Waals surface area contributed by atoms with Crippen molar-refractivity contribution in [2.24, 2.45) is 0 Å². The smallest absolute Gasteiger partial charge is 0.290 e. The molecule has 170 valence electrons. The molecule has 1 unspecified atom stereocenters. The number of rotatable bonds is 8. The number of benzene rings is 2. The van der Waals surface area contributed by atoms with Gasteiger partial charge >= 0.3 is 0 Å². The fourth-order valence-corrected chi connectivity index (χ4v) is 3.89. The molecule has 2 heterocycles. The lowest BCUT2D eigenvalue weighted by molar-refractivity contribution is -0.130. The molecule has 1 aliphatic heterocycles. The lowest BCUT2D eigenvalue weighted by atomic mass is 9.94. The highest BCUT2D eigenvalue weighted by Gasteiger charge is 2.44. The van der Waals surface area contributed by atoms with Gasteiger partial charge in [-0.1, -0.05) is 24.3 Å². The molecule has 4 rings (SSSR count). The summed E-state index contributed by atoms with van der Waals surface area (Å²) in [6.07, 6.45) is 1.33. The number of amides is 1. The number of hydrogen-bond acceptors (Lipinski definition) is 6. The highest BCUT2D eigenvalue weighted by atomic mass is 16.5. The molecule has 0 fully saturated rings. The van der Waals surface area contributed by atoms with Gasteiger partial charge in [-0.25, -0.2) is 0 Å². The summed E-state index contributed by atoms with van der Waals surface area (Å²) in [5.74, 6) is -0.392. The van der Waals surface area contributed by atoms with E-state index in [4.69, 9.17) is 13.9 Å². The predicted molar refractivity (Wildman–Crippen MR) is 121 cm³/mol. The van der Waals surface area contributed by atoms with Crippen LogP contribution in [0.1, 0.15) is 41.6 Å². The quantitative estimate of drug-likeness (QED) is 0.497. The normalized spacial score (nSPS) is 15.9. The summed E-state index contributed by atoms with van der Waals surface area (Å²) in [6, 6.07) is 16.8. The first kappa shape index (κ1) is 22.2. The Morgan fingerprint density at radius 1 is 1.09 bits per heavy atom. The van der Waals surface area contributed by atoms with Gasteiger partial charge in [0.15, 0.2) is 11.5 Å². The van der Waals surface area contributed by atoms with Crippen molar-refractivity contribution in [3.63, 3.8) is 0 Å². The number of aliphatic hydroxyl groups is 1. The molecule has 3 aromatic rings. The summed E-state index contributed by atoms with van der Waals surface area (Å²) < 4.78 is 16.3. The largest absolute Gasteiger partial charge is 0.503 e. The van der Waals surface area contributed by atoms with E-state index in [1.54, 1.807) is 43.5 Å². The van der Waals surface area contributed by atoms with E-state index in [1.807, 2.05) is 32.0 Å². The van der Waals surface area contributed by atoms with E-state index in [1.165, 1.54) is 17.2 Å². The van der Waals surface area contributed by atoms with Crippen LogP contribution in [0.25, 0.3) is 0 Å². The fourth-order valence-electron chi connectivity index (χ4n) is 3.89. The Labute approximate surface area is 191 Å². The molecule has 0 saturated heterocycles. The van der Waals surface area contributed by atoms with Crippen LogP contribution in [-0.4, -0.2) is 34.9 Å². The van der Waals surface area contributed by atoms with Crippen LogP contribution < -0.4 is 9.47 Å². The van der Waals surface area contributed by atoms with Crippen molar-refractivity contribution in [1.29, 1.82) is 0 Å².